The molecule has 1 atom stereocenters. The largest absolute Gasteiger partial charge is 0.487 e. The number of rotatable bonds is 3. The number of ether oxygens (including phenoxy) is 1. The fourth-order valence-electron chi connectivity index (χ4n) is 2.18. The maximum atomic E-state index is 8.71. The second-order valence-corrected chi connectivity index (χ2v) is 4.53. The Bertz CT molecular complexity index is 608. The molecule has 0 aliphatic carbocycles. The van der Waals surface area contributed by atoms with Crippen LogP contribution in [0.2, 0.25) is 0 Å². The van der Waals surface area contributed by atoms with Gasteiger partial charge in [-0.05, 0) is 12.1 Å². The molecule has 2 aromatic rings. The molecular formula is C14H13N5O. The van der Waals surface area contributed by atoms with Gasteiger partial charge >= 0.3 is 0 Å². The minimum atomic E-state index is 0.122. The fourth-order valence-corrected chi connectivity index (χ4v) is 2.18. The molecule has 0 amide bonds. The minimum absolute atomic E-state index is 0.122. The standard InChI is InChI=1S/C14H13N5O/c15-6-11-7-18-14(9-17-11)19-5-3-13(10-19)20-12-2-1-4-16-8-12/h1-2,4,7-9,13H,3,5,10H2. The first-order chi connectivity index (χ1) is 9.85. The summed E-state index contributed by atoms with van der Waals surface area (Å²) in [6, 6.07) is 5.72. The highest BCUT2D eigenvalue weighted by atomic mass is 16.5. The quantitative estimate of drug-likeness (QED) is 0.836. The summed E-state index contributed by atoms with van der Waals surface area (Å²) in [4.78, 5) is 14.4. The van der Waals surface area contributed by atoms with Crippen LogP contribution < -0.4 is 9.64 Å². The summed E-state index contributed by atoms with van der Waals surface area (Å²) >= 11 is 0. The van der Waals surface area contributed by atoms with Crippen LogP contribution in [0, 0.1) is 11.3 Å². The van der Waals surface area contributed by atoms with E-state index in [1.54, 1.807) is 18.6 Å². The zero-order valence-electron chi connectivity index (χ0n) is 10.8. The summed E-state index contributed by atoms with van der Waals surface area (Å²) in [6.45, 7) is 1.63. The molecule has 3 heterocycles. The predicted molar refractivity (Wildman–Crippen MR) is 72.2 cm³/mol. The van der Waals surface area contributed by atoms with Crippen molar-refractivity contribution in [2.24, 2.45) is 0 Å². The molecule has 0 aromatic carbocycles. The van der Waals surface area contributed by atoms with E-state index in [9.17, 15) is 0 Å². The van der Waals surface area contributed by atoms with Gasteiger partial charge in [0.2, 0.25) is 0 Å². The lowest BCUT2D eigenvalue weighted by Crippen LogP contribution is -2.25. The van der Waals surface area contributed by atoms with Gasteiger partial charge in [-0.2, -0.15) is 5.26 Å². The Labute approximate surface area is 116 Å². The van der Waals surface area contributed by atoms with Crippen molar-refractivity contribution in [2.45, 2.75) is 12.5 Å². The van der Waals surface area contributed by atoms with Crippen LogP contribution in [0.25, 0.3) is 0 Å². The number of nitriles is 1. The number of anilines is 1. The van der Waals surface area contributed by atoms with Crippen molar-refractivity contribution in [1.82, 2.24) is 15.0 Å². The van der Waals surface area contributed by atoms with Gasteiger partial charge in [0.25, 0.3) is 0 Å². The van der Waals surface area contributed by atoms with Crippen LogP contribution in [-0.4, -0.2) is 34.1 Å². The zero-order chi connectivity index (χ0) is 13.8. The third-order valence-electron chi connectivity index (χ3n) is 3.16. The highest BCUT2D eigenvalue weighted by molar-refractivity contribution is 5.39. The molecule has 0 spiro atoms. The van der Waals surface area contributed by atoms with Gasteiger partial charge in [-0.25, -0.2) is 9.97 Å². The van der Waals surface area contributed by atoms with Crippen molar-refractivity contribution >= 4 is 5.82 Å². The Hall–Kier alpha value is -2.68. The van der Waals surface area contributed by atoms with Crippen LogP contribution in [0.4, 0.5) is 5.82 Å². The van der Waals surface area contributed by atoms with E-state index in [1.165, 1.54) is 6.20 Å². The predicted octanol–water partition coefficient (Wildman–Crippen LogP) is 1.40. The Morgan fingerprint density at radius 2 is 2.25 bits per heavy atom. The molecule has 0 radical (unpaired) electrons. The molecule has 100 valence electrons. The molecule has 1 unspecified atom stereocenters. The lowest BCUT2D eigenvalue weighted by molar-refractivity contribution is 0.224. The topological polar surface area (TPSA) is 74.9 Å². The summed E-state index contributed by atoms with van der Waals surface area (Å²) in [5.74, 6) is 1.56. The van der Waals surface area contributed by atoms with Crippen molar-refractivity contribution < 1.29 is 4.74 Å². The van der Waals surface area contributed by atoms with Crippen LogP contribution in [-0.2, 0) is 0 Å². The van der Waals surface area contributed by atoms with E-state index in [2.05, 4.69) is 19.9 Å². The van der Waals surface area contributed by atoms with Crippen molar-refractivity contribution in [3.63, 3.8) is 0 Å². The van der Waals surface area contributed by atoms with Gasteiger partial charge in [-0.1, -0.05) is 0 Å². The Kier molecular flexibility index (Phi) is 3.42. The fraction of sp³-hybridized carbons (Fsp3) is 0.286. The van der Waals surface area contributed by atoms with Crippen molar-refractivity contribution in [2.75, 3.05) is 18.0 Å². The summed E-state index contributed by atoms with van der Waals surface area (Å²) in [5.41, 5.74) is 0.330. The zero-order valence-corrected chi connectivity index (χ0v) is 10.8. The molecule has 0 N–H and O–H groups in total. The average Bonchev–Trinajstić information content (AvgIpc) is 2.97. The maximum absolute atomic E-state index is 8.71. The number of hydrogen-bond donors (Lipinski definition) is 0. The first-order valence-corrected chi connectivity index (χ1v) is 6.39. The second-order valence-electron chi connectivity index (χ2n) is 4.53. The van der Waals surface area contributed by atoms with Crippen molar-refractivity contribution in [3.05, 3.63) is 42.6 Å². The first-order valence-electron chi connectivity index (χ1n) is 6.39. The van der Waals surface area contributed by atoms with E-state index in [4.69, 9.17) is 10.00 Å². The maximum Gasteiger partial charge on any atom is 0.158 e. The number of aromatic nitrogens is 3. The van der Waals surface area contributed by atoms with E-state index in [1.807, 2.05) is 18.2 Å². The van der Waals surface area contributed by atoms with Gasteiger partial charge in [0.15, 0.2) is 5.69 Å². The first kappa shape index (κ1) is 12.4. The van der Waals surface area contributed by atoms with Crippen LogP contribution in [0.1, 0.15) is 12.1 Å². The molecule has 1 aliphatic heterocycles. The monoisotopic (exact) mass is 267 g/mol. The summed E-state index contributed by atoms with van der Waals surface area (Å²) < 4.78 is 5.87. The number of pyridine rings is 1. The molecule has 6 nitrogen and oxygen atoms in total. The van der Waals surface area contributed by atoms with Gasteiger partial charge < -0.3 is 9.64 Å². The molecule has 1 fully saturated rings. The summed E-state index contributed by atoms with van der Waals surface area (Å²) in [5, 5.41) is 8.71. The highest BCUT2D eigenvalue weighted by Crippen LogP contribution is 2.21. The molecule has 20 heavy (non-hydrogen) atoms. The lowest BCUT2D eigenvalue weighted by Gasteiger charge is -2.17. The van der Waals surface area contributed by atoms with Crippen LogP contribution in [0.5, 0.6) is 5.75 Å². The van der Waals surface area contributed by atoms with E-state index < -0.39 is 0 Å². The SMILES string of the molecule is N#Cc1cnc(N2CCC(Oc3cccnc3)C2)cn1. The summed E-state index contributed by atoms with van der Waals surface area (Å²) in [7, 11) is 0. The van der Waals surface area contributed by atoms with Gasteiger partial charge in [-0.3, -0.25) is 4.98 Å². The van der Waals surface area contributed by atoms with Crippen LogP contribution >= 0.6 is 0 Å². The number of nitrogens with zero attached hydrogens (tertiary/aromatic N) is 5. The molecule has 3 rings (SSSR count). The van der Waals surface area contributed by atoms with Crippen molar-refractivity contribution in [3.8, 4) is 11.8 Å². The minimum Gasteiger partial charge on any atom is -0.487 e. The Morgan fingerprint density at radius 3 is 2.95 bits per heavy atom. The van der Waals surface area contributed by atoms with Crippen LogP contribution in [0.3, 0.4) is 0 Å². The molecule has 1 saturated heterocycles. The number of hydrogen-bond acceptors (Lipinski definition) is 6. The molecule has 2 aromatic heterocycles. The van der Waals surface area contributed by atoms with E-state index >= 15 is 0 Å². The van der Waals surface area contributed by atoms with E-state index in [0.717, 1.165) is 31.1 Å². The normalized spacial score (nSPS) is 17.8. The molecule has 0 bridgehead atoms. The molecule has 6 heteroatoms. The van der Waals surface area contributed by atoms with E-state index in [-0.39, 0.29) is 6.10 Å². The third-order valence-corrected chi connectivity index (χ3v) is 3.16. The van der Waals surface area contributed by atoms with Gasteiger partial charge in [-0.15, -0.1) is 0 Å². The van der Waals surface area contributed by atoms with Gasteiger partial charge in [0.1, 0.15) is 23.7 Å². The molecule has 0 saturated carbocycles. The average molecular weight is 267 g/mol. The summed E-state index contributed by atoms with van der Waals surface area (Å²) in [6.07, 6.45) is 7.60. The van der Waals surface area contributed by atoms with E-state index in [0.29, 0.717) is 5.69 Å². The third kappa shape index (κ3) is 2.67. The van der Waals surface area contributed by atoms with Crippen LogP contribution in [0.15, 0.2) is 36.9 Å². The highest BCUT2D eigenvalue weighted by Gasteiger charge is 2.25. The Balaban J connectivity index is 1.63. The molecule has 1 aliphatic rings. The molecular weight excluding hydrogens is 254 g/mol. The Morgan fingerprint density at radius 1 is 1.30 bits per heavy atom. The van der Waals surface area contributed by atoms with Crippen molar-refractivity contribution in [1.29, 1.82) is 5.26 Å². The van der Waals surface area contributed by atoms with Gasteiger partial charge in [0.05, 0.1) is 25.1 Å². The smallest absolute Gasteiger partial charge is 0.158 e. The van der Waals surface area contributed by atoms with Gasteiger partial charge in [0, 0.05) is 19.2 Å². The lowest BCUT2D eigenvalue weighted by atomic mass is 10.3. The second kappa shape index (κ2) is 5.53.